The largest absolute Gasteiger partial charge is 0.355 e. The first kappa shape index (κ1) is 21.5. The first-order chi connectivity index (χ1) is 12.2. The van der Waals surface area contributed by atoms with Crippen LogP contribution < -0.4 is 10.6 Å². The van der Waals surface area contributed by atoms with Crippen LogP contribution in [-0.4, -0.2) is 29.3 Å². The van der Waals surface area contributed by atoms with E-state index in [1.165, 1.54) is 35.5 Å². The molecule has 0 radical (unpaired) electrons. The number of aryl methyl sites for hydroxylation is 1. The molecule has 1 heterocycles. The molecule has 0 amide bonds. The third-order valence-electron chi connectivity index (χ3n) is 4.47. The molecule has 0 spiro atoms. The molecule has 1 aromatic carbocycles. The lowest BCUT2D eigenvalue weighted by Crippen LogP contribution is -2.44. The minimum absolute atomic E-state index is 0. The Balaban J connectivity index is 0.00000243. The van der Waals surface area contributed by atoms with Gasteiger partial charge in [-0.2, -0.15) is 0 Å². The summed E-state index contributed by atoms with van der Waals surface area (Å²) in [4.78, 5) is 11.4. The van der Waals surface area contributed by atoms with Crippen LogP contribution in [0.15, 0.2) is 46.4 Å². The maximum absolute atomic E-state index is 4.40. The number of aliphatic imine (C=N–C) groups is 1. The van der Waals surface area contributed by atoms with Gasteiger partial charge >= 0.3 is 0 Å². The molecule has 0 atom stereocenters. The number of hydrogen-bond acceptors (Lipinski definition) is 4. The Hall–Kier alpha value is -0.800. The summed E-state index contributed by atoms with van der Waals surface area (Å²) in [6, 6.07) is 10.7. The third kappa shape index (κ3) is 6.13. The second kappa shape index (κ2) is 10.5. The van der Waals surface area contributed by atoms with E-state index in [0.717, 1.165) is 24.1 Å². The fourth-order valence-corrected chi connectivity index (χ4v) is 5.34. The van der Waals surface area contributed by atoms with Crippen LogP contribution in [0.1, 0.15) is 35.6 Å². The van der Waals surface area contributed by atoms with Crippen LogP contribution in [-0.2, 0) is 6.54 Å². The predicted octanol–water partition coefficient (Wildman–Crippen LogP) is 4.84. The van der Waals surface area contributed by atoms with E-state index in [9.17, 15) is 0 Å². The monoisotopic (exact) mass is 502 g/mol. The van der Waals surface area contributed by atoms with Gasteiger partial charge in [0.15, 0.2) is 5.96 Å². The van der Waals surface area contributed by atoms with Crippen LogP contribution in [0.3, 0.4) is 0 Å². The lowest BCUT2D eigenvalue weighted by molar-refractivity contribution is 0.582. The number of guanidine groups is 1. The number of hydrogen-bond donors (Lipinski definition) is 2. The zero-order chi connectivity index (χ0) is 17.5. The molecule has 0 aliphatic heterocycles. The fraction of sp³-hybridized carbons (Fsp3) is 0.474. The molecule has 0 saturated heterocycles. The van der Waals surface area contributed by atoms with Crippen LogP contribution in [0.5, 0.6) is 0 Å². The Kier molecular flexibility index (Phi) is 8.69. The van der Waals surface area contributed by atoms with Crippen molar-refractivity contribution in [2.75, 3.05) is 13.6 Å². The highest BCUT2D eigenvalue weighted by atomic mass is 127. The quantitative estimate of drug-likeness (QED) is 0.337. The molecule has 26 heavy (non-hydrogen) atoms. The molecule has 1 aliphatic carbocycles. The van der Waals surface area contributed by atoms with Gasteiger partial charge in [-0.25, -0.2) is 4.98 Å². The molecule has 0 bridgehead atoms. The molecule has 0 unspecified atom stereocenters. The standard InChI is InChI=1S/C19H26N4S2.HI/c1-15-12-21-17(24-15)13-22-18(20-2)23-14-19(10-6-7-11-19)25-16-8-4-3-5-9-16;/h3-5,8-9,12H,6-7,10-11,13-14H2,1-2H3,(H2,20,22,23);1H. The van der Waals surface area contributed by atoms with Crippen molar-refractivity contribution in [3.8, 4) is 0 Å². The van der Waals surface area contributed by atoms with Crippen LogP contribution in [0.4, 0.5) is 0 Å². The van der Waals surface area contributed by atoms with Gasteiger partial charge in [-0.3, -0.25) is 4.99 Å². The number of rotatable bonds is 6. The summed E-state index contributed by atoms with van der Waals surface area (Å²) in [6.45, 7) is 3.74. The van der Waals surface area contributed by atoms with Gasteiger partial charge in [0.1, 0.15) is 5.01 Å². The predicted molar refractivity (Wildman–Crippen MR) is 124 cm³/mol. The fourth-order valence-electron chi connectivity index (χ4n) is 3.18. The SMILES string of the molecule is CN=C(NCc1ncc(C)s1)NCC1(Sc2ccccc2)CCCC1.I. The minimum Gasteiger partial charge on any atom is -0.355 e. The van der Waals surface area contributed by atoms with Crippen molar-refractivity contribution in [3.63, 3.8) is 0 Å². The van der Waals surface area contributed by atoms with Gasteiger partial charge in [-0.05, 0) is 31.9 Å². The summed E-state index contributed by atoms with van der Waals surface area (Å²) in [5.74, 6) is 0.854. The highest BCUT2D eigenvalue weighted by molar-refractivity contribution is 14.0. The second-order valence-corrected chi connectivity index (χ2v) is 9.31. The molecule has 7 heteroatoms. The molecular weight excluding hydrogens is 475 g/mol. The zero-order valence-electron chi connectivity index (χ0n) is 15.3. The van der Waals surface area contributed by atoms with Crippen molar-refractivity contribution in [2.24, 2.45) is 4.99 Å². The van der Waals surface area contributed by atoms with E-state index in [1.54, 1.807) is 11.3 Å². The van der Waals surface area contributed by atoms with Gasteiger partial charge in [-0.1, -0.05) is 31.0 Å². The molecule has 1 aliphatic rings. The Morgan fingerprint density at radius 3 is 2.58 bits per heavy atom. The van der Waals surface area contributed by atoms with Gasteiger partial charge in [0, 0.05) is 34.3 Å². The number of nitrogens with zero attached hydrogens (tertiary/aromatic N) is 2. The second-order valence-electron chi connectivity index (χ2n) is 6.45. The van der Waals surface area contributed by atoms with Crippen LogP contribution in [0.2, 0.25) is 0 Å². The molecule has 1 aromatic heterocycles. The van der Waals surface area contributed by atoms with Gasteiger partial charge in [0.25, 0.3) is 0 Å². The summed E-state index contributed by atoms with van der Waals surface area (Å²) in [5, 5.41) is 8.02. The van der Waals surface area contributed by atoms with Gasteiger partial charge in [-0.15, -0.1) is 47.1 Å². The maximum atomic E-state index is 4.40. The lowest BCUT2D eigenvalue weighted by atomic mass is 10.1. The first-order valence-corrected chi connectivity index (χ1v) is 10.4. The number of benzene rings is 1. The highest BCUT2D eigenvalue weighted by Gasteiger charge is 2.35. The minimum atomic E-state index is 0. The van der Waals surface area contributed by atoms with Gasteiger partial charge in [0.05, 0.1) is 6.54 Å². The Bertz CT molecular complexity index is 697. The van der Waals surface area contributed by atoms with Crippen LogP contribution >= 0.6 is 47.1 Å². The van der Waals surface area contributed by atoms with Gasteiger partial charge in [0.2, 0.25) is 0 Å². The zero-order valence-corrected chi connectivity index (χ0v) is 19.3. The van der Waals surface area contributed by atoms with E-state index >= 15 is 0 Å². The summed E-state index contributed by atoms with van der Waals surface area (Å²) in [5.41, 5.74) is 0. The number of nitrogens with one attached hydrogen (secondary N) is 2. The van der Waals surface area contributed by atoms with Crippen LogP contribution in [0, 0.1) is 6.92 Å². The van der Waals surface area contributed by atoms with Crippen molar-refractivity contribution in [1.82, 2.24) is 15.6 Å². The lowest BCUT2D eigenvalue weighted by Gasteiger charge is -2.29. The van der Waals surface area contributed by atoms with E-state index in [1.807, 2.05) is 25.0 Å². The number of thioether (sulfide) groups is 1. The maximum Gasteiger partial charge on any atom is 0.191 e. The van der Waals surface area contributed by atoms with Crippen molar-refractivity contribution >= 4 is 53.0 Å². The molecule has 1 fully saturated rings. The highest BCUT2D eigenvalue weighted by Crippen LogP contribution is 2.44. The van der Waals surface area contributed by atoms with E-state index in [-0.39, 0.29) is 28.7 Å². The average Bonchev–Trinajstić information content (AvgIpc) is 3.25. The number of thiazole rings is 1. The van der Waals surface area contributed by atoms with Crippen molar-refractivity contribution in [3.05, 3.63) is 46.4 Å². The summed E-state index contributed by atoms with van der Waals surface area (Å²) < 4.78 is 0.261. The molecule has 1 saturated carbocycles. The Morgan fingerprint density at radius 1 is 1.23 bits per heavy atom. The van der Waals surface area contributed by atoms with E-state index in [0.29, 0.717) is 0 Å². The van der Waals surface area contributed by atoms with E-state index in [4.69, 9.17) is 0 Å². The topological polar surface area (TPSA) is 49.3 Å². The van der Waals surface area contributed by atoms with Crippen LogP contribution in [0.25, 0.3) is 0 Å². The number of halogens is 1. The molecule has 3 rings (SSSR count). The molecule has 2 aromatic rings. The molecule has 2 N–H and O–H groups in total. The average molecular weight is 502 g/mol. The van der Waals surface area contributed by atoms with Crippen molar-refractivity contribution < 1.29 is 0 Å². The summed E-state index contributed by atoms with van der Waals surface area (Å²) >= 11 is 3.74. The first-order valence-electron chi connectivity index (χ1n) is 8.79. The summed E-state index contributed by atoms with van der Waals surface area (Å²) in [6.07, 6.45) is 7.05. The number of aromatic nitrogens is 1. The molecular formula is C19H27IN4S2. The Morgan fingerprint density at radius 2 is 1.96 bits per heavy atom. The van der Waals surface area contributed by atoms with Crippen molar-refractivity contribution in [1.29, 1.82) is 0 Å². The molecule has 4 nitrogen and oxygen atoms in total. The normalized spacial score (nSPS) is 16.2. The smallest absolute Gasteiger partial charge is 0.191 e. The van der Waals surface area contributed by atoms with Crippen molar-refractivity contribution in [2.45, 2.75) is 48.8 Å². The van der Waals surface area contributed by atoms with E-state index in [2.05, 4.69) is 57.9 Å². The molecule has 142 valence electrons. The summed E-state index contributed by atoms with van der Waals surface area (Å²) in [7, 11) is 1.83. The van der Waals surface area contributed by atoms with E-state index < -0.39 is 0 Å². The Labute approximate surface area is 181 Å². The van der Waals surface area contributed by atoms with Gasteiger partial charge < -0.3 is 10.6 Å². The third-order valence-corrected chi connectivity index (χ3v) is 6.88.